The number of hydrogen-bond donors (Lipinski definition) is 1. The van der Waals surface area contributed by atoms with Crippen molar-refractivity contribution in [2.45, 2.75) is 26.7 Å². The van der Waals surface area contributed by atoms with Crippen LogP contribution < -0.4 is 14.8 Å². The number of nitrogens with one attached hydrogen (secondary N) is 1. The highest BCUT2D eigenvalue weighted by Crippen LogP contribution is 2.31. The summed E-state index contributed by atoms with van der Waals surface area (Å²) in [5.41, 5.74) is 3.58. The summed E-state index contributed by atoms with van der Waals surface area (Å²) in [7, 11) is 3.07. The molecule has 0 aromatic heterocycles. The van der Waals surface area contributed by atoms with Gasteiger partial charge in [0, 0.05) is 24.7 Å². The number of likely N-dealkylation sites (tertiary alicyclic amines) is 1. The van der Waals surface area contributed by atoms with E-state index in [1.807, 2.05) is 32.0 Å². The van der Waals surface area contributed by atoms with E-state index in [4.69, 9.17) is 9.47 Å². The maximum absolute atomic E-state index is 13.1. The van der Waals surface area contributed by atoms with Crippen molar-refractivity contribution in [1.82, 2.24) is 4.90 Å². The molecule has 2 aromatic rings. The molecule has 0 bridgehead atoms. The Hall–Kier alpha value is -3.02. The highest BCUT2D eigenvalue weighted by atomic mass is 16.5. The van der Waals surface area contributed by atoms with E-state index < -0.39 is 0 Å². The van der Waals surface area contributed by atoms with Gasteiger partial charge < -0.3 is 19.7 Å². The van der Waals surface area contributed by atoms with Crippen molar-refractivity contribution in [3.63, 3.8) is 0 Å². The maximum atomic E-state index is 13.1. The minimum atomic E-state index is -0.132. The van der Waals surface area contributed by atoms with Gasteiger partial charge in [-0.2, -0.15) is 0 Å². The van der Waals surface area contributed by atoms with Gasteiger partial charge in [0.2, 0.25) is 5.91 Å². The molecule has 0 unspecified atom stereocenters. The fraction of sp³-hybridized carbons (Fsp3) is 0.391. The molecule has 2 amide bonds. The summed E-state index contributed by atoms with van der Waals surface area (Å²) in [4.78, 5) is 27.5. The van der Waals surface area contributed by atoms with E-state index in [0.29, 0.717) is 43.0 Å². The van der Waals surface area contributed by atoms with Crippen LogP contribution in [0.25, 0.3) is 0 Å². The first-order chi connectivity index (χ1) is 13.9. The number of ether oxygens (including phenoxy) is 2. The standard InChI is InChI=1S/C23H28N2O4/c1-15-8-9-18(14-16(15)2)24-22(26)17-10-12-25(13-11-17)23(27)21-19(28-3)6-5-7-20(21)29-4/h5-9,14,17H,10-13H2,1-4H3,(H,24,26). The fourth-order valence-corrected chi connectivity index (χ4v) is 3.63. The lowest BCUT2D eigenvalue weighted by Gasteiger charge is -2.32. The Balaban J connectivity index is 1.64. The van der Waals surface area contributed by atoms with E-state index >= 15 is 0 Å². The van der Waals surface area contributed by atoms with Gasteiger partial charge in [-0.05, 0) is 62.1 Å². The molecule has 0 aliphatic carbocycles. The van der Waals surface area contributed by atoms with E-state index in [9.17, 15) is 9.59 Å². The molecule has 0 atom stereocenters. The number of aryl methyl sites for hydroxylation is 2. The van der Waals surface area contributed by atoms with Gasteiger partial charge in [-0.1, -0.05) is 12.1 Å². The van der Waals surface area contributed by atoms with E-state index in [-0.39, 0.29) is 17.7 Å². The van der Waals surface area contributed by atoms with Crippen molar-refractivity contribution in [2.75, 3.05) is 32.6 Å². The number of rotatable bonds is 5. The SMILES string of the molecule is COc1cccc(OC)c1C(=O)N1CCC(C(=O)Nc2ccc(C)c(C)c2)CC1. The summed E-state index contributed by atoms with van der Waals surface area (Å²) >= 11 is 0. The van der Waals surface area contributed by atoms with Crippen LogP contribution in [-0.4, -0.2) is 44.0 Å². The Kier molecular flexibility index (Phi) is 6.42. The Morgan fingerprint density at radius 1 is 0.966 bits per heavy atom. The monoisotopic (exact) mass is 396 g/mol. The normalized spacial score (nSPS) is 14.4. The lowest BCUT2D eigenvalue weighted by molar-refractivity contribution is -0.121. The maximum Gasteiger partial charge on any atom is 0.261 e. The smallest absolute Gasteiger partial charge is 0.261 e. The average molecular weight is 396 g/mol. The fourth-order valence-electron chi connectivity index (χ4n) is 3.63. The molecule has 1 fully saturated rings. The largest absolute Gasteiger partial charge is 0.496 e. The third-order valence-electron chi connectivity index (χ3n) is 5.57. The van der Waals surface area contributed by atoms with Crippen LogP contribution in [0.3, 0.4) is 0 Å². The second-order valence-electron chi connectivity index (χ2n) is 7.39. The van der Waals surface area contributed by atoms with Crippen LogP contribution in [0.4, 0.5) is 5.69 Å². The van der Waals surface area contributed by atoms with Crippen molar-refractivity contribution in [1.29, 1.82) is 0 Å². The number of piperidine rings is 1. The first kappa shape index (κ1) is 20.7. The zero-order valence-corrected chi connectivity index (χ0v) is 17.5. The average Bonchev–Trinajstić information content (AvgIpc) is 2.75. The number of benzene rings is 2. The minimum Gasteiger partial charge on any atom is -0.496 e. The van der Waals surface area contributed by atoms with Crippen molar-refractivity contribution in [3.05, 3.63) is 53.1 Å². The molecule has 0 spiro atoms. The lowest BCUT2D eigenvalue weighted by Crippen LogP contribution is -2.41. The third-order valence-corrected chi connectivity index (χ3v) is 5.57. The highest BCUT2D eigenvalue weighted by molar-refractivity contribution is 6.00. The number of carbonyl (C=O) groups is 2. The molecule has 1 aliphatic rings. The van der Waals surface area contributed by atoms with Gasteiger partial charge in [0.25, 0.3) is 5.91 Å². The number of carbonyl (C=O) groups excluding carboxylic acids is 2. The Morgan fingerprint density at radius 3 is 2.14 bits per heavy atom. The molecule has 6 nitrogen and oxygen atoms in total. The number of hydrogen-bond acceptors (Lipinski definition) is 4. The molecule has 3 rings (SSSR count). The van der Waals surface area contributed by atoms with Crippen molar-refractivity contribution in [3.8, 4) is 11.5 Å². The molecule has 1 aliphatic heterocycles. The van der Waals surface area contributed by atoms with Crippen LogP contribution in [-0.2, 0) is 4.79 Å². The number of methoxy groups -OCH3 is 2. The zero-order valence-electron chi connectivity index (χ0n) is 17.5. The molecule has 0 saturated carbocycles. The van der Waals surface area contributed by atoms with Crippen LogP contribution in [0, 0.1) is 19.8 Å². The van der Waals surface area contributed by atoms with Gasteiger partial charge in [-0.15, -0.1) is 0 Å². The van der Waals surface area contributed by atoms with Crippen LogP contribution in [0.1, 0.15) is 34.3 Å². The topological polar surface area (TPSA) is 67.9 Å². The van der Waals surface area contributed by atoms with Gasteiger partial charge in [0.15, 0.2) is 0 Å². The molecule has 2 aromatic carbocycles. The molecule has 1 saturated heterocycles. The third kappa shape index (κ3) is 4.53. The van der Waals surface area contributed by atoms with Crippen molar-refractivity contribution >= 4 is 17.5 Å². The molecular weight excluding hydrogens is 368 g/mol. The molecule has 0 radical (unpaired) electrons. The van der Waals surface area contributed by atoms with Crippen LogP contribution >= 0.6 is 0 Å². The minimum absolute atomic E-state index is 0.00947. The summed E-state index contributed by atoms with van der Waals surface area (Å²) in [6.45, 7) is 5.11. The summed E-state index contributed by atoms with van der Waals surface area (Å²) in [6.07, 6.45) is 1.25. The number of amides is 2. The quantitative estimate of drug-likeness (QED) is 0.834. The first-order valence-corrected chi connectivity index (χ1v) is 9.83. The van der Waals surface area contributed by atoms with Gasteiger partial charge in [0.1, 0.15) is 17.1 Å². The molecular formula is C23H28N2O4. The van der Waals surface area contributed by atoms with Crippen LogP contribution in [0.5, 0.6) is 11.5 Å². The van der Waals surface area contributed by atoms with Crippen LogP contribution in [0.2, 0.25) is 0 Å². The van der Waals surface area contributed by atoms with E-state index in [2.05, 4.69) is 5.32 Å². The Morgan fingerprint density at radius 2 is 1.59 bits per heavy atom. The van der Waals surface area contributed by atoms with Crippen LogP contribution in [0.15, 0.2) is 36.4 Å². The summed E-state index contributed by atoms with van der Waals surface area (Å²) in [5, 5.41) is 3.01. The predicted octanol–water partition coefficient (Wildman–Crippen LogP) is 3.81. The van der Waals surface area contributed by atoms with Gasteiger partial charge in [-0.3, -0.25) is 9.59 Å². The second-order valence-corrected chi connectivity index (χ2v) is 7.39. The van der Waals surface area contributed by atoms with Gasteiger partial charge >= 0.3 is 0 Å². The molecule has 1 N–H and O–H groups in total. The van der Waals surface area contributed by atoms with Crippen molar-refractivity contribution in [2.24, 2.45) is 5.92 Å². The van der Waals surface area contributed by atoms with E-state index in [1.54, 1.807) is 23.1 Å². The van der Waals surface area contributed by atoms with Gasteiger partial charge in [0.05, 0.1) is 14.2 Å². The second kappa shape index (κ2) is 8.99. The Bertz CT molecular complexity index is 879. The molecule has 6 heteroatoms. The highest BCUT2D eigenvalue weighted by Gasteiger charge is 2.30. The molecule has 154 valence electrons. The first-order valence-electron chi connectivity index (χ1n) is 9.83. The van der Waals surface area contributed by atoms with E-state index in [1.165, 1.54) is 19.8 Å². The molecule has 1 heterocycles. The van der Waals surface area contributed by atoms with Gasteiger partial charge in [-0.25, -0.2) is 0 Å². The zero-order chi connectivity index (χ0) is 21.0. The summed E-state index contributed by atoms with van der Waals surface area (Å²) in [6, 6.07) is 11.2. The summed E-state index contributed by atoms with van der Waals surface area (Å²) in [5.74, 6) is 0.746. The molecule has 29 heavy (non-hydrogen) atoms. The lowest BCUT2D eigenvalue weighted by atomic mass is 9.95. The van der Waals surface area contributed by atoms with E-state index in [0.717, 1.165) is 11.3 Å². The predicted molar refractivity (Wildman–Crippen MR) is 113 cm³/mol. The number of anilines is 1. The number of nitrogens with zero attached hydrogens (tertiary/aromatic N) is 1. The summed E-state index contributed by atoms with van der Waals surface area (Å²) < 4.78 is 10.7. The Labute approximate surface area is 171 Å². The van der Waals surface area contributed by atoms with Crippen molar-refractivity contribution < 1.29 is 19.1 Å².